The molecule has 0 aliphatic carbocycles. The SMILES string of the molecule is CC[C@H](C)[C@H](N)C(=O)N1CCCCC1C(=O)O. The summed E-state index contributed by atoms with van der Waals surface area (Å²) in [5.41, 5.74) is 5.88. The molecule has 0 spiro atoms. The Morgan fingerprint density at radius 2 is 2.12 bits per heavy atom. The third-order valence-corrected chi connectivity index (χ3v) is 3.61. The first-order valence-corrected chi connectivity index (χ1v) is 6.27. The van der Waals surface area contributed by atoms with Gasteiger partial charge in [-0.1, -0.05) is 20.3 Å². The van der Waals surface area contributed by atoms with Gasteiger partial charge in [-0.3, -0.25) is 4.79 Å². The van der Waals surface area contributed by atoms with Gasteiger partial charge in [0.15, 0.2) is 0 Å². The van der Waals surface area contributed by atoms with E-state index >= 15 is 0 Å². The summed E-state index contributed by atoms with van der Waals surface area (Å²) in [4.78, 5) is 24.7. The van der Waals surface area contributed by atoms with Crippen molar-refractivity contribution in [2.75, 3.05) is 6.54 Å². The van der Waals surface area contributed by atoms with E-state index in [-0.39, 0.29) is 11.8 Å². The molecule has 1 aliphatic heterocycles. The largest absolute Gasteiger partial charge is 0.480 e. The predicted octanol–water partition coefficient (Wildman–Crippen LogP) is 0.825. The van der Waals surface area contributed by atoms with E-state index in [9.17, 15) is 9.59 Å². The van der Waals surface area contributed by atoms with Crippen LogP contribution in [0.15, 0.2) is 0 Å². The van der Waals surface area contributed by atoms with Crippen molar-refractivity contribution in [1.82, 2.24) is 4.90 Å². The third kappa shape index (κ3) is 3.19. The Bertz CT molecular complexity index is 293. The van der Waals surface area contributed by atoms with Gasteiger partial charge in [-0.2, -0.15) is 0 Å². The van der Waals surface area contributed by atoms with Crippen molar-refractivity contribution in [2.45, 2.75) is 51.6 Å². The second kappa shape index (κ2) is 6.00. The average molecular weight is 242 g/mol. The lowest BCUT2D eigenvalue weighted by Crippen LogP contribution is -2.55. The Labute approximate surface area is 102 Å². The van der Waals surface area contributed by atoms with Gasteiger partial charge in [-0.05, 0) is 25.2 Å². The van der Waals surface area contributed by atoms with Crippen molar-refractivity contribution in [3.05, 3.63) is 0 Å². The van der Waals surface area contributed by atoms with E-state index in [1.165, 1.54) is 4.90 Å². The zero-order valence-electron chi connectivity index (χ0n) is 10.6. The smallest absolute Gasteiger partial charge is 0.326 e. The lowest BCUT2D eigenvalue weighted by Gasteiger charge is -2.35. The number of carbonyl (C=O) groups is 2. The maximum Gasteiger partial charge on any atom is 0.326 e. The minimum atomic E-state index is -0.922. The summed E-state index contributed by atoms with van der Waals surface area (Å²) in [6, 6.07) is -1.27. The van der Waals surface area contributed by atoms with Crippen LogP contribution in [0.5, 0.6) is 0 Å². The number of rotatable bonds is 4. The average Bonchev–Trinajstić information content (AvgIpc) is 2.35. The van der Waals surface area contributed by atoms with Gasteiger partial charge < -0.3 is 15.7 Å². The van der Waals surface area contributed by atoms with Crippen molar-refractivity contribution in [1.29, 1.82) is 0 Å². The Morgan fingerprint density at radius 3 is 2.65 bits per heavy atom. The van der Waals surface area contributed by atoms with E-state index in [4.69, 9.17) is 10.8 Å². The van der Waals surface area contributed by atoms with Crippen LogP contribution < -0.4 is 5.73 Å². The van der Waals surface area contributed by atoms with Gasteiger partial charge in [0.1, 0.15) is 6.04 Å². The Morgan fingerprint density at radius 1 is 1.47 bits per heavy atom. The van der Waals surface area contributed by atoms with E-state index in [0.717, 1.165) is 19.3 Å². The van der Waals surface area contributed by atoms with E-state index in [1.54, 1.807) is 0 Å². The normalized spacial score (nSPS) is 24.2. The molecule has 0 saturated carbocycles. The quantitative estimate of drug-likeness (QED) is 0.764. The summed E-state index contributed by atoms with van der Waals surface area (Å²) in [6.07, 6.45) is 3.08. The van der Waals surface area contributed by atoms with Crippen LogP contribution in [-0.4, -0.2) is 40.5 Å². The molecule has 1 amide bonds. The van der Waals surface area contributed by atoms with Crippen molar-refractivity contribution < 1.29 is 14.7 Å². The van der Waals surface area contributed by atoms with Crippen molar-refractivity contribution >= 4 is 11.9 Å². The van der Waals surface area contributed by atoms with Crippen LogP contribution in [0, 0.1) is 5.92 Å². The number of amides is 1. The van der Waals surface area contributed by atoms with Gasteiger partial charge in [0.05, 0.1) is 6.04 Å². The number of likely N-dealkylation sites (tertiary alicyclic amines) is 1. The third-order valence-electron chi connectivity index (χ3n) is 3.61. The van der Waals surface area contributed by atoms with Crippen LogP contribution in [0.2, 0.25) is 0 Å². The van der Waals surface area contributed by atoms with E-state index in [0.29, 0.717) is 13.0 Å². The highest BCUT2D eigenvalue weighted by molar-refractivity contribution is 5.87. The molecule has 0 aromatic rings. The molecule has 0 aromatic heterocycles. The number of hydrogen-bond donors (Lipinski definition) is 2. The molecule has 1 fully saturated rings. The summed E-state index contributed by atoms with van der Waals surface area (Å²) in [7, 11) is 0. The van der Waals surface area contributed by atoms with Gasteiger partial charge in [-0.25, -0.2) is 4.79 Å². The van der Waals surface area contributed by atoms with Gasteiger partial charge in [0.25, 0.3) is 0 Å². The minimum absolute atomic E-state index is 0.0823. The fourth-order valence-corrected chi connectivity index (χ4v) is 2.14. The number of hydrogen-bond acceptors (Lipinski definition) is 3. The van der Waals surface area contributed by atoms with E-state index < -0.39 is 18.1 Å². The van der Waals surface area contributed by atoms with Gasteiger partial charge in [0, 0.05) is 6.54 Å². The maximum atomic E-state index is 12.2. The number of nitrogens with zero attached hydrogens (tertiary/aromatic N) is 1. The van der Waals surface area contributed by atoms with Crippen molar-refractivity contribution in [2.24, 2.45) is 11.7 Å². The monoisotopic (exact) mass is 242 g/mol. The molecule has 0 radical (unpaired) electrons. The molecule has 1 saturated heterocycles. The fraction of sp³-hybridized carbons (Fsp3) is 0.833. The maximum absolute atomic E-state index is 12.2. The zero-order chi connectivity index (χ0) is 13.0. The second-order valence-electron chi connectivity index (χ2n) is 4.79. The van der Waals surface area contributed by atoms with E-state index in [2.05, 4.69) is 0 Å². The van der Waals surface area contributed by atoms with Crippen LogP contribution in [0.25, 0.3) is 0 Å². The number of carboxylic acids is 1. The second-order valence-corrected chi connectivity index (χ2v) is 4.79. The lowest BCUT2D eigenvalue weighted by molar-refractivity contribution is -0.153. The molecule has 17 heavy (non-hydrogen) atoms. The van der Waals surface area contributed by atoms with Crippen LogP contribution in [0.4, 0.5) is 0 Å². The molecule has 5 nitrogen and oxygen atoms in total. The molecule has 0 aromatic carbocycles. The number of nitrogens with two attached hydrogens (primary N) is 1. The van der Waals surface area contributed by atoms with Crippen LogP contribution in [-0.2, 0) is 9.59 Å². The molecule has 1 heterocycles. The summed E-state index contributed by atoms with van der Waals surface area (Å²) < 4.78 is 0. The highest BCUT2D eigenvalue weighted by atomic mass is 16.4. The highest BCUT2D eigenvalue weighted by Gasteiger charge is 2.35. The predicted molar refractivity (Wildman–Crippen MR) is 64.4 cm³/mol. The Hall–Kier alpha value is -1.10. The molecule has 0 bridgehead atoms. The lowest BCUT2D eigenvalue weighted by atomic mass is 9.95. The zero-order valence-corrected chi connectivity index (χ0v) is 10.6. The van der Waals surface area contributed by atoms with Crippen molar-refractivity contribution in [3.8, 4) is 0 Å². The number of aliphatic carboxylic acids is 1. The molecule has 3 N–H and O–H groups in total. The van der Waals surface area contributed by atoms with Crippen LogP contribution in [0.1, 0.15) is 39.5 Å². The molecule has 1 rings (SSSR count). The molecule has 5 heteroatoms. The first-order valence-electron chi connectivity index (χ1n) is 6.27. The molecule has 3 atom stereocenters. The fourth-order valence-electron chi connectivity index (χ4n) is 2.14. The molecular formula is C12H22N2O3. The molecular weight excluding hydrogens is 220 g/mol. The highest BCUT2D eigenvalue weighted by Crippen LogP contribution is 2.20. The first-order chi connectivity index (χ1) is 7.99. The molecule has 1 aliphatic rings. The summed E-state index contributed by atoms with van der Waals surface area (Å²) in [6.45, 7) is 4.41. The van der Waals surface area contributed by atoms with Crippen LogP contribution >= 0.6 is 0 Å². The summed E-state index contributed by atoms with van der Waals surface area (Å²) in [5.74, 6) is -1.06. The standard InChI is InChI=1S/C12H22N2O3/c1-3-8(2)10(13)11(15)14-7-5-4-6-9(14)12(16)17/h8-10H,3-7,13H2,1-2H3,(H,16,17)/t8-,9?,10-/m0/s1. The van der Waals surface area contributed by atoms with Gasteiger partial charge in [0.2, 0.25) is 5.91 Å². The Kier molecular flexibility index (Phi) is 4.93. The topological polar surface area (TPSA) is 83.6 Å². The van der Waals surface area contributed by atoms with Gasteiger partial charge in [-0.15, -0.1) is 0 Å². The molecule has 1 unspecified atom stereocenters. The minimum Gasteiger partial charge on any atom is -0.480 e. The van der Waals surface area contributed by atoms with Gasteiger partial charge >= 0.3 is 5.97 Å². The number of piperidine rings is 1. The van der Waals surface area contributed by atoms with E-state index in [1.807, 2.05) is 13.8 Å². The number of carboxylic acid groups (broad SMARTS) is 1. The first kappa shape index (κ1) is 14.0. The number of carbonyl (C=O) groups excluding carboxylic acids is 1. The van der Waals surface area contributed by atoms with Crippen LogP contribution in [0.3, 0.4) is 0 Å². The summed E-state index contributed by atoms with van der Waals surface area (Å²) >= 11 is 0. The molecule has 98 valence electrons. The summed E-state index contributed by atoms with van der Waals surface area (Å²) in [5, 5.41) is 9.10. The van der Waals surface area contributed by atoms with Crippen molar-refractivity contribution in [3.63, 3.8) is 0 Å². The Balaban J connectivity index is 2.74.